The van der Waals surface area contributed by atoms with E-state index in [0.717, 1.165) is 48.9 Å². The van der Waals surface area contributed by atoms with Gasteiger partial charge in [-0.25, -0.2) is 9.97 Å². The number of benzene rings is 1. The maximum absolute atomic E-state index is 6.86. The summed E-state index contributed by atoms with van der Waals surface area (Å²) in [6, 6.07) is 8.28. The summed E-state index contributed by atoms with van der Waals surface area (Å²) < 4.78 is 12.2. The minimum absolute atomic E-state index is 0.0288. The van der Waals surface area contributed by atoms with E-state index >= 15 is 0 Å². The summed E-state index contributed by atoms with van der Waals surface area (Å²) in [7, 11) is -0.265. The first kappa shape index (κ1) is 29.8. The maximum Gasteiger partial charge on any atom is 0.200 e. The summed E-state index contributed by atoms with van der Waals surface area (Å²) in [5, 5.41) is 3.54. The lowest BCUT2D eigenvalue weighted by Gasteiger charge is -2.42. The Morgan fingerprint density at radius 3 is 2.34 bits per heavy atom. The normalized spacial score (nSPS) is 15.4. The van der Waals surface area contributed by atoms with Crippen LogP contribution >= 0.6 is 0 Å². The van der Waals surface area contributed by atoms with Crippen molar-refractivity contribution in [3.8, 4) is 5.75 Å². The predicted molar refractivity (Wildman–Crippen MR) is 163 cm³/mol. The molecule has 208 valence electrons. The van der Waals surface area contributed by atoms with Crippen LogP contribution in [-0.2, 0) is 10.8 Å². The molecule has 7 nitrogen and oxygen atoms in total. The lowest BCUT2D eigenvalue weighted by molar-refractivity contribution is 0.259. The fraction of sp³-hybridized carbons (Fsp3) is 0.567. The molecule has 2 heterocycles. The highest BCUT2D eigenvalue weighted by molar-refractivity contribution is 6.77. The van der Waals surface area contributed by atoms with E-state index in [2.05, 4.69) is 75.5 Å². The molecule has 1 N–H and O–H groups in total. The van der Waals surface area contributed by atoms with Crippen LogP contribution in [0, 0.1) is 0 Å². The lowest BCUT2D eigenvalue weighted by atomic mass is 10.1. The molecular weight excluding hydrogens is 490 g/mol. The van der Waals surface area contributed by atoms with Crippen molar-refractivity contribution < 1.29 is 9.16 Å². The molecule has 1 aliphatic heterocycles. The van der Waals surface area contributed by atoms with Crippen molar-refractivity contribution in [2.45, 2.75) is 77.0 Å². The number of nitrogens with zero attached hydrogens (tertiary/aromatic N) is 4. The molecule has 1 aromatic carbocycles. The highest BCUT2D eigenvalue weighted by Gasteiger charge is 2.45. The molecule has 1 aromatic heterocycles. The van der Waals surface area contributed by atoms with E-state index in [4.69, 9.17) is 19.1 Å². The number of nitrogens with one attached hydrogen (secondary N) is 1. The Hall–Kier alpha value is -2.71. The van der Waals surface area contributed by atoms with Crippen molar-refractivity contribution in [1.82, 2.24) is 9.97 Å². The quantitative estimate of drug-likeness (QED) is 0.219. The summed E-state index contributed by atoms with van der Waals surface area (Å²) in [5.41, 5.74) is 3.83. The van der Waals surface area contributed by atoms with E-state index in [-0.39, 0.29) is 6.04 Å². The summed E-state index contributed by atoms with van der Waals surface area (Å²) in [5.74, 6) is 2.60. The smallest absolute Gasteiger partial charge is 0.200 e. The molecule has 0 bridgehead atoms. The van der Waals surface area contributed by atoms with Gasteiger partial charge in [-0.2, -0.15) is 0 Å². The van der Waals surface area contributed by atoms with E-state index < -0.39 is 8.32 Å². The Bertz CT molecular complexity index is 1030. The average Bonchev–Trinajstić information content (AvgIpc) is 3.11. The fourth-order valence-electron chi connectivity index (χ4n) is 5.81. The molecule has 0 fully saturated rings. The number of methoxy groups -OCH3 is 1. The highest BCUT2D eigenvalue weighted by Crippen LogP contribution is 2.42. The van der Waals surface area contributed by atoms with E-state index in [1.807, 2.05) is 24.4 Å². The molecule has 0 unspecified atom stereocenters. The van der Waals surface area contributed by atoms with Gasteiger partial charge in [0.25, 0.3) is 0 Å². The second kappa shape index (κ2) is 13.9. The van der Waals surface area contributed by atoms with Gasteiger partial charge in [0.1, 0.15) is 23.7 Å². The predicted octanol–water partition coefficient (Wildman–Crippen LogP) is 6.52. The molecule has 0 spiro atoms. The van der Waals surface area contributed by atoms with Gasteiger partial charge in [-0.05, 0) is 47.2 Å². The number of hydrogen-bond acceptors (Lipinski definition) is 7. The second-order valence-corrected chi connectivity index (χ2v) is 16.5. The van der Waals surface area contributed by atoms with Gasteiger partial charge >= 0.3 is 0 Å². The monoisotopic (exact) mass is 537 g/mol. The highest BCUT2D eigenvalue weighted by atomic mass is 28.4. The third-order valence-corrected chi connectivity index (χ3v) is 13.8. The van der Waals surface area contributed by atoms with E-state index in [1.165, 1.54) is 5.56 Å². The van der Waals surface area contributed by atoms with Crippen LogP contribution in [0.2, 0.25) is 16.6 Å². The van der Waals surface area contributed by atoms with Gasteiger partial charge in [-0.15, -0.1) is 6.58 Å². The van der Waals surface area contributed by atoms with Crippen LogP contribution in [0.1, 0.15) is 59.1 Å². The Balaban J connectivity index is 1.79. The van der Waals surface area contributed by atoms with Crippen molar-refractivity contribution in [2.24, 2.45) is 4.99 Å². The minimum Gasteiger partial charge on any atom is -0.497 e. The van der Waals surface area contributed by atoms with Crippen molar-refractivity contribution in [2.75, 3.05) is 43.6 Å². The molecule has 0 saturated carbocycles. The van der Waals surface area contributed by atoms with E-state index in [9.17, 15) is 0 Å². The van der Waals surface area contributed by atoms with Crippen LogP contribution in [0.4, 0.5) is 11.6 Å². The third kappa shape index (κ3) is 7.02. The Morgan fingerprint density at radius 2 is 1.74 bits per heavy atom. The van der Waals surface area contributed by atoms with Crippen molar-refractivity contribution in [3.63, 3.8) is 0 Å². The summed E-state index contributed by atoms with van der Waals surface area (Å²) >= 11 is 0. The van der Waals surface area contributed by atoms with Crippen molar-refractivity contribution in [1.29, 1.82) is 0 Å². The Kier molecular flexibility index (Phi) is 10.9. The molecule has 0 amide bonds. The molecule has 0 saturated heterocycles. The van der Waals surface area contributed by atoms with Gasteiger partial charge in [0.15, 0.2) is 8.32 Å². The zero-order chi connectivity index (χ0) is 27.7. The number of aromatic nitrogens is 2. The summed E-state index contributed by atoms with van der Waals surface area (Å²) in [6.45, 7) is 20.8. The van der Waals surface area contributed by atoms with Crippen LogP contribution < -0.4 is 15.0 Å². The Labute approximate surface area is 230 Å². The van der Waals surface area contributed by atoms with Crippen LogP contribution in [0.15, 0.2) is 48.2 Å². The third-order valence-electron chi connectivity index (χ3n) is 7.75. The lowest BCUT2D eigenvalue weighted by Crippen LogP contribution is -2.49. The SMILES string of the molecule is C=CCCN(CCc1ccc(OC)cc1)c1ncnc2c1C=N[C@H](CO[Si](C(C)C)(C(C)C)C(C)C)CN2. The summed E-state index contributed by atoms with van der Waals surface area (Å²) in [4.78, 5) is 16.6. The van der Waals surface area contributed by atoms with Gasteiger partial charge in [0.05, 0.1) is 25.3 Å². The van der Waals surface area contributed by atoms with Gasteiger partial charge in [0, 0.05) is 25.8 Å². The second-order valence-electron chi connectivity index (χ2n) is 11.1. The van der Waals surface area contributed by atoms with Gasteiger partial charge in [-0.1, -0.05) is 59.8 Å². The van der Waals surface area contributed by atoms with Gasteiger partial charge < -0.3 is 19.4 Å². The molecule has 1 aliphatic rings. The molecule has 0 radical (unpaired) electrons. The molecule has 2 aromatic rings. The van der Waals surface area contributed by atoms with Crippen LogP contribution in [0.25, 0.3) is 0 Å². The number of anilines is 2. The van der Waals surface area contributed by atoms with Gasteiger partial charge in [0.2, 0.25) is 0 Å². The first-order valence-electron chi connectivity index (χ1n) is 14.0. The molecule has 1 atom stereocenters. The van der Waals surface area contributed by atoms with Crippen molar-refractivity contribution >= 4 is 26.2 Å². The Morgan fingerprint density at radius 1 is 1.05 bits per heavy atom. The van der Waals surface area contributed by atoms with E-state index in [1.54, 1.807) is 13.4 Å². The molecule has 3 rings (SSSR count). The molecular formula is C30H47N5O2Si. The largest absolute Gasteiger partial charge is 0.497 e. The van der Waals surface area contributed by atoms with E-state index in [0.29, 0.717) is 29.8 Å². The summed E-state index contributed by atoms with van der Waals surface area (Å²) in [6.07, 6.45) is 7.32. The molecule has 38 heavy (non-hydrogen) atoms. The number of rotatable bonds is 14. The average molecular weight is 538 g/mol. The number of hydrogen-bond donors (Lipinski definition) is 1. The van der Waals surface area contributed by atoms with Crippen LogP contribution in [0.3, 0.4) is 0 Å². The number of aliphatic imine (C=N–C) groups is 1. The molecule has 8 heteroatoms. The van der Waals surface area contributed by atoms with Crippen LogP contribution in [0.5, 0.6) is 5.75 Å². The zero-order valence-electron chi connectivity index (χ0n) is 24.4. The minimum atomic E-state index is -1.96. The van der Waals surface area contributed by atoms with Gasteiger partial charge in [-0.3, -0.25) is 4.99 Å². The first-order valence-corrected chi connectivity index (χ1v) is 16.1. The zero-order valence-corrected chi connectivity index (χ0v) is 25.4. The number of ether oxygens (including phenoxy) is 1. The number of fused-ring (bicyclic) bond motifs is 1. The first-order chi connectivity index (χ1) is 18.2. The fourth-order valence-corrected chi connectivity index (χ4v) is 11.3. The standard InChI is InChI=1S/C30H47N5O2Si/c1-9-10-16-35(17-15-25-11-13-27(36-8)14-12-25)30-28-19-31-26(18-32-29(28)33-21-34-30)20-37-38(22(2)3,23(4)5)24(6)7/h9,11-14,19,21-24,26H,1,10,15-18,20H2,2-8H3,(H,32,33,34)/t26-/m0/s1. The van der Waals surface area contributed by atoms with Crippen molar-refractivity contribution in [3.05, 3.63) is 54.4 Å². The topological polar surface area (TPSA) is 71.9 Å². The van der Waals surface area contributed by atoms with Crippen LogP contribution in [-0.4, -0.2) is 63.9 Å². The maximum atomic E-state index is 6.86. The molecule has 0 aliphatic carbocycles.